The third-order valence-corrected chi connectivity index (χ3v) is 4.87. The summed E-state index contributed by atoms with van der Waals surface area (Å²) >= 11 is 1.70. The fourth-order valence-electron chi connectivity index (χ4n) is 2.66. The van der Waals surface area contributed by atoms with Crippen LogP contribution in [0.4, 0.5) is 13.2 Å². The highest BCUT2D eigenvalue weighted by Gasteiger charge is 2.42. The van der Waals surface area contributed by atoms with Crippen molar-refractivity contribution >= 4 is 11.3 Å². The number of halogens is 3. The van der Waals surface area contributed by atoms with E-state index in [4.69, 9.17) is 0 Å². The van der Waals surface area contributed by atoms with Gasteiger partial charge in [-0.2, -0.15) is 13.2 Å². The summed E-state index contributed by atoms with van der Waals surface area (Å²) in [4.78, 5) is 2.44. The van der Waals surface area contributed by atoms with Gasteiger partial charge in [0.25, 0.3) is 0 Å². The molecule has 2 aromatic heterocycles. The molecule has 22 heavy (non-hydrogen) atoms. The first kappa shape index (κ1) is 15.5. The molecule has 1 atom stereocenters. The van der Waals surface area contributed by atoms with Gasteiger partial charge in [-0.25, -0.2) is 0 Å². The van der Waals surface area contributed by atoms with Crippen molar-refractivity contribution in [2.45, 2.75) is 45.6 Å². The van der Waals surface area contributed by atoms with Crippen LogP contribution >= 0.6 is 11.3 Å². The largest absolute Gasteiger partial charge is 0.393 e. The molecule has 1 aliphatic heterocycles. The minimum atomic E-state index is -4.15. The summed E-state index contributed by atoms with van der Waals surface area (Å²) in [5.41, 5.74) is 0. The summed E-state index contributed by atoms with van der Waals surface area (Å²) in [6.45, 7) is 3.08. The zero-order valence-electron chi connectivity index (χ0n) is 12.2. The predicted molar refractivity (Wildman–Crippen MR) is 77.5 cm³/mol. The first-order chi connectivity index (χ1) is 10.4. The van der Waals surface area contributed by atoms with Crippen molar-refractivity contribution in [1.82, 2.24) is 20.1 Å². The van der Waals surface area contributed by atoms with E-state index >= 15 is 0 Å². The predicted octanol–water partition coefficient (Wildman–Crippen LogP) is 3.06. The monoisotopic (exact) mass is 330 g/mol. The number of rotatable bonds is 4. The lowest BCUT2D eigenvalue weighted by Gasteiger charge is -2.26. The number of hydrogen-bond donors (Lipinski definition) is 1. The van der Waals surface area contributed by atoms with Crippen LogP contribution in [-0.4, -0.2) is 20.9 Å². The molecule has 4 nitrogen and oxygen atoms in total. The number of nitrogens with one attached hydrogen (secondary N) is 1. The lowest BCUT2D eigenvalue weighted by Crippen LogP contribution is -2.33. The summed E-state index contributed by atoms with van der Waals surface area (Å²) in [5.74, 6) is -0.0591. The van der Waals surface area contributed by atoms with Gasteiger partial charge in [-0.15, -0.1) is 21.5 Å². The smallest absolute Gasteiger partial charge is 0.313 e. The zero-order chi connectivity index (χ0) is 15.7. The Morgan fingerprint density at radius 1 is 1.32 bits per heavy atom. The first-order valence-electron chi connectivity index (χ1n) is 7.17. The maximum atomic E-state index is 12.9. The molecule has 0 bridgehead atoms. The van der Waals surface area contributed by atoms with Gasteiger partial charge in [0.05, 0.1) is 12.5 Å². The number of alkyl halides is 3. The standard InChI is InChI=1S/C14H17F3N4S/c1-9-2-4-11(22-9)6-18-7-13-20-19-12-5-3-10(8-21(12)13)14(15,16)17/h2,4,10,18H,3,5-8H2,1H3/t10-/m0/s1. The van der Waals surface area contributed by atoms with Crippen LogP contribution in [0.1, 0.15) is 27.8 Å². The van der Waals surface area contributed by atoms with Gasteiger partial charge in [0, 0.05) is 29.3 Å². The highest BCUT2D eigenvalue weighted by Crippen LogP contribution is 2.34. The molecule has 0 radical (unpaired) electrons. The molecule has 0 unspecified atom stereocenters. The zero-order valence-corrected chi connectivity index (χ0v) is 13.0. The van der Waals surface area contributed by atoms with Crippen molar-refractivity contribution < 1.29 is 13.2 Å². The van der Waals surface area contributed by atoms with Gasteiger partial charge < -0.3 is 9.88 Å². The van der Waals surface area contributed by atoms with Crippen LogP contribution in [0.3, 0.4) is 0 Å². The SMILES string of the molecule is Cc1ccc(CNCc2nnc3n2C[C@@H](C(F)(F)F)CC3)s1. The number of hydrogen-bond acceptors (Lipinski definition) is 4. The highest BCUT2D eigenvalue weighted by atomic mass is 32.1. The van der Waals surface area contributed by atoms with Gasteiger partial charge in [0.2, 0.25) is 0 Å². The number of nitrogens with zero attached hydrogens (tertiary/aromatic N) is 3. The van der Waals surface area contributed by atoms with E-state index in [0.717, 1.165) is 0 Å². The molecule has 0 saturated heterocycles. The third-order valence-electron chi connectivity index (χ3n) is 3.86. The Morgan fingerprint density at radius 2 is 2.14 bits per heavy atom. The number of aryl methyl sites for hydroxylation is 2. The lowest BCUT2D eigenvalue weighted by atomic mass is 9.99. The van der Waals surface area contributed by atoms with Crippen molar-refractivity contribution in [3.8, 4) is 0 Å². The number of fused-ring (bicyclic) bond motifs is 1. The number of aromatic nitrogens is 3. The fourth-order valence-corrected chi connectivity index (χ4v) is 3.52. The molecule has 8 heteroatoms. The van der Waals surface area contributed by atoms with Crippen LogP contribution in [0.15, 0.2) is 12.1 Å². The highest BCUT2D eigenvalue weighted by molar-refractivity contribution is 7.11. The van der Waals surface area contributed by atoms with Crippen LogP contribution in [0.25, 0.3) is 0 Å². The van der Waals surface area contributed by atoms with Gasteiger partial charge in [-0.1, -0.05) is 0 Å². The van der Waals surface area contributed by atoms with Gasteiger partial charge in [0.1, 0.15) is 11.6 Å². The molecule has 1 N–H and O–H groups in total. The van der Waals surface area contributed by atoms with E-state index in [-0.39, 0.29) is 13.0 Å². The molecule has 0 amide bonds. The Bertz CT molecular complexity index is 647. The second kappa shape index (κ2) is 6.00. The van der Waals surface area contributed by atoms with Crippen LogP contribution in [0.5, 0.6) is 0 Å². The number of thiophene rings is 1. The van der Waals surface area contributed by atoms with Gasteiger partial charge in [0.15, 0.2) is 0 Å². The van der Waals surface area contributed by atoms with E-state index in [1.807, 2.05) is 13.0 Å². The second-order valence-corrected chi connectivity index (χ2v) is 6.91. The summed E-state index contributed by atoms with van der Waals surface area (Å²) in [6, 6.07) is 4.10. The average molecular weight is 330 g/mol. The lowest BCUT2D eigenvalue weighted by molar-refractivity contribution is -0.182. The summed E-state index contributed by atoms with van der Waals surface area (Å²) in [6.07, 6.45) is -3.72. The molecule has 0 fully saturated rings. The third kappa shape index (κ3) is 3.33. The average Bonchev–Trinajstić information content (AvgIpc) is 3.04. The maximum Gasteiger partial charge on any atom is 0.393 e. The van der Waals surface area contributed by atoms with Crippen molar-refractivity contribution in [2.75, 3.05) is 0 Å². The maximum absolute atomic E-state index is 12.9. The Morgan fingerprint density at radius 3 is 2.82 bits per heavy atom. The summed E-state index contributed by atoms with van der Waals surface area (Å²) in [5, 5.41) is 11.3. The topological polar surface area (TPSA) is 42.7 Å². The van der Waals surface area contributed by atoms with Crippen molar-refractivity contribution in [3.63, 3.8) is 0 Å². The Kier molecular flexibility index (Phi) is 4.22. The Hall–Kier alpha value is -1.41. The van der Waals surface area contributed by atoms with Crippen LogP contribution in [0, 0.1) is 12.8 Å². The molecule has 0 aliphatic carbocycles. The fraction of sp³-hybridized carbons (Fsp3) is 0.571. The van der Waals surface area contributed by atoms with E-state index in [2.05, 4.69) is 21.6 Å². The van der Waals surface area contributed by atoms with Crippen LogP contribution < -0.4 is 5.32 Å². The Balaban J connectivity index is 1.63. The normalized spacial score (nSPS) is 18.5. The minimum absolute atomic E-state index is 0.0685. The van der Waals surface area contributed by atoms with E-state index in [1.54, 1.807) is 15.9 Å². The molecule has 2 aromatic rings. The van der Waals surface area contributed by atoms with Crippen LogP contribution in [-0.2, 0) is 26.1 Å². The van der Waals surface area contributed by atoms with E-state index in [0.29, 0.717) is 31.2 Å². The van der Waals surface area contributed by atoms with Gasteiger partial charge in [-0.05, 0) is 25.5 Å². The first-order valence-corrected chi connectivity index (χ1v) is 7.99. The molecular weight excluding hydrogens is 313 g/mol. The van der Waals surface area contributed by atoms with Crippen molar-refractivity contribution in [3.05, 3.63) is 33.5 Å². The van der Waals surface area contributed by atoms with Crippen LogP contribution in [0.2, 0.25) is 0 Å². The van der Waals surface area contributed by atoms with Gasteiger partial charge in [-0.3, -0.25) is 0 Å². The molecule has 0 spiro atoms. The quantitative estimate of drug-likeness (QED) is 0.937. The van der Waals surface area contributed by atoms with E-state index in [9.17, 15) is 13.2 Å². The Labute approximate surface area is 130 Å². The van der Waals surface area contributed by atoms with Crippen molar-refractivity contribution in [2.24, 2.45) is 5.92 Å². The molecule has 120 valence electrons. The molecule has 3 heterocycles. The minimum Gasteiger partial charge on any atom is -0.313 e. The van der Waals surface area contributed by atoms with E-state index < -0.39 is 12.1 Å². The second-order valence-electron chi connectivity index (χ2n) is 5.54. The molecule has 3 rings (SSSR count). The summed E-state index contributed by atoms with van der Waals surface area (Å²) < 4.78 is 40.3. The molecule has 0 saturated carbocycles. The summed E-state index contributed by atoms with van der Waals surface area (Å²) in [7, 11) is 0. The molecular formula is C14H17F3N4S. The van der Waals surface area contributed by atoms with Gasteiger partial charge >= 0.3 is 6.18 Å². The van der Waals surface area contributed by atoms with Crippen molar-refractivity contribution in [1.29, 1.82) is 0 Å². The molecule has 0 aromatic carbocycles. The van der Waals surface area contributed by atoms with E-state index in [1.165, 1.54) is 9.75 Å². The molecule has 1 aliphatic rings.